The maximum atomic E-state index is 13.1. The summed E-state index contributed by atoms with van der Waals surface area (Å²) in [6.45, 7) is 5.89. The predicted molar refractivity (Wildman–Crippen MR) is 69.8 cm³/mol. The van der Waals surface area contributed by atoms with Gasteiger partial charge in [0.25, 0.3) is 0 Å². The van der Waals surface area contributed by atoms with Gasteiger partial charge in [-0.15, -0.1) is 0 Å². The van der Waals surface area contributed by atoms with Crippen LogP contribution in [0.5, 0.6) is 0 Å². The molecule has 1 aromatic carbocycles. The van der Waals surface area contributed by atoms with Crippen LogP contribution in [0, 0.1) is 17.0 Å². The van der Waals surface area contributed by atoms with Gasteiger partial charge in [-0.3, -0.25) is 0 Å². The van der Waals surface area contributed by atoms with Crippen LogP contribution in [0.1, 0.15) is 44.1 Å². The van der Waals surface area contributed by atoms with Crippen molar-refractivity contribution in [3.63, 3.8) is 0 Å². The molecule has 1 heterocycles. The molecule has 20 heavy (non-hydrogen) atoms. The van der Waals surface area contributed by atoms with Gasteiger partial charge < -0.3 is 10.3 Å². The molecule has 0 aliphatic heterocycles. The van der Waals surface area contributed by atoms with Crippen LogP contribution in [-0.4, -0.2) is 10.1 Å². The summed E-state index contributed by atoms with van der Waals surface area (Å²) < 4.78 is 31.3. The minimum atomic E-state index is -0.630. The van der Waals surface area contributed by atoms with Crippen LogP contribution in [-0.2, 0) is 6.42 Å². The number of aromatic nitrogens is 2. The van der Waals surface area contributed by atoms with Crippen LogP contribution in [0.4, 0.5) is 8.78 Å². The van der Waals surface area contributed by atoms with Crippen LogP contribution >= 0.6 is 0 Å². The highest BCUT2D eigenvalue weighted by molar-refractivity contribution is 5.21. The van der Waals surface area contributed by atoms with Crippen molar-refractivity contribution in [1.82, 2.24) is 10.1 Å². The lowest BCUT2D eigenvalue weighted by Gasteiger charge is -2.23. The van der Waals surface area contributed by atoms with E-state index in [1.165, 1.54) is 12.1 Å². The van der Waals surface area contributed by atoms with Gasteiger partial charge in [-0.25, -0.2) is 8.78 Å². The largest absolute Gasteiger partial charge is 0.338 e. The summed E-state index contributed by atoms with van der Waals surface area (Å²) in [4.78, 5) is 4.18. The molecule has 2 N–H and O–H groups in total. The number of hydrogen-bond acceptors (Lipinski definition) is 4. The molecular formula is C14H17F2N3O. The molecule has 0 saturated heterocycles. The Morgan fingerprint density at radius 1 is 1.20 bits per heavy atom. The van der Waals surface area contributed by atoms with Crippen molar-refractivity contribution in [3.05, 3.63) is 47.1 Å². The smallest absolute Gasteiger partial charge is 0.244 e. The number of rotatable bonds is 3. The quantitative estimate of drug-likeness (QED) is 0.939. The van der Waals surface area contributed by atoms with Gasteiger partial charge in [0.1, 0.15) is 11.6 Å². The fraction of sp³-hybridized carbons (Fsp3) is 0.429. The minimum absolute atomic E-state index is 0.190. The Labute approximate surface area is 116 Å². The second kappa shape index (κ2) is 5.28. The molecule has 0 aliphatic carbocycles. The molecule has 0 saturated carbocycles. The molecule has 6 heteroatoms. The van der Waals surface area contributed by atoms with Crippen molar-refractivity contribution >= 4 is 0 Å². The van der Waals surface area contributed by atoms with Crippen LogP contribution in [0.15, 0.2) is 22.7 Å². The molecule has 0 radical (unpaired) electrons. The summed E-state index contributed by atoms with van der Waals surface area (Å²) in [5, 5.41) is 3.79. The molecular weight excluding hydrogens is 264 g/mol. The van der Waals surface area contributed by atoms with Crippen molar-refractivity contribution in [3.8, 4) is 0 Å². The lowest BCUT2D eigenvalue weighted by Crippen LogP contribution is -2.26. The lowest BCUT2D eigenvalue weighted by atomic mass is 9.87. The average molecular weight is 281 g/mol. The average Bonchev–Trinajstić information content (AvgIpc) is 2.73. The first-order valence-corrected chi connectivity index (χ1v) is 6.29. The lowest BCUT2D eigenvalue weighted by molar-refractivity contribution is 0.252. The number of nitrogens with two attached hydrogens (primary N) is 1. The van der Waals surface area contributed by atoms with Crippen molar-refractivity contribution in [1.29, 1.82) is 0 Å². The van der Waals surface area contributed by atoms with Crippen molar-refractivity contribution in [2.75, 3.05) is 0 Å². The van der Waals surface area contributed by atoms with Gasteiger partial charge in [0, 0.05) is 12.5 Å². The summed E-state index contributed by atoms with van der Waals surface area (Å²) in [6, 6.07) is 2.90. The standard InChI is InChI=1S/C14H17F2N3O/c1-14(2,3)12(17)13-18-11(19-20-13)6-8-4-9(15)7-10(16)5-8/h4-5,7,12H,6,17H2,1-3H3. The van der Waals surface area contributed by atoms with Crippen molar-refractivity contribution in [2.24, 2.45) is 11.1 Å². The molecule has 2 rings (SSSR count). The first-order valence-electron chi connectivity index (χ1n) is 6.29. The predicted octanol–water partition coefficient (Wildman–Crippen LogP) is 2.98. The van der Waals surface area contributed by atoms with E-state index >= 15 is 0 Å². The van der Waals surface area contributed by atoms with E-state index in [2.05, 4.69) is 10.1 Å². The highest BCUT2D eigenvalue weighted by atomic mass is 19.1. The van der Waals surface area contributed by atoms with E-state index in [4.69, 9.17) is 10.3 Å². The Morgan fingerprint density at radius 2 is 1.80 bits per heavy atom. The molecule has 108 valence electrons. The second-order valence-corrected chi connectivity index (χ2v) is 5.85. The van der Waals surface area contributed by atoms with Gasteiger partial charge in [-0.2, -0.15) is 4.98 Å². The monoisotopic (exact) mass is 281 g/mol. The maximum absolute atomic E-state index is 13.1. The van der Waals surface area contributed by atoms with Gasteiger partial charge in [0.05, 0.1) is 6.04 Å². The summed E-state index contributed by atoms with van der Waals surface area (Å²) in [5.74, 6) is -0.584. The fourth-order valence-electron chi connectivity index (χ4n) is 1.73. The van der Waals surface area contributed by atoms with Gasteiger partial charge >= 0.3 is 0 Å². The Kier molecular flexibility index (Phi) is 3.85. The first kappa shape index (κ1) is 14.6. The topological polar surface area (TPSA) is 64.9 Å². The highest BCUT2D eigenvalue weighted by Gasteiger charge is 2.27. The fourth-order valence-corrected chi connectivity index (χ4v) is 1.73. The van der Waals surface area contributed by atoms with Crippen LogP contribution in [0.3, 0.4) is 0 Å². The molecule has 1 aromatic heterocycles. The zero-order valence-corrected chi connectivity index (χ0v) is 11.7. The highest BCUT2D eigenvalue weighted by Crippen LogP contribution is 2.29. The minimum Gasteiger partial charge on any atom is -0.338 e. The molecule has 4 nitrogen and oxygen atoms in total. The zero-order valence-electron chi connectivity index (χ0n) is 11.7. The van der Waals surface area contributed by atoms with Gasteiger partial charge in [0.2, 0.25) is 5.89 Å². The molecule has 0 amide bonds. The molecule has 0 fully saturated rings. The Balaban J connectivity index is 2.17. The Morgan fingerprint density at radius 3 is 2.35 bits per heavy atom. The van der Waals surface area contributed by atoms with E-state index in [0.29, 0.717) is 17.3 Å². The molecule has 1 unspecified atom stereocenters. The van der Waals surface area contributed by atoms with E-state index in [1.807, 2.05) is 20.8 Å². The normalized spacial score (nSPS) is 13.5. The number of nitrogens with zero attached hydrogens (tertiary/aromatic N) is 2. The Bertz CT molecular complexity index is 584. The van der Waals surface area contributed by atoms with Gasteiger partial charge in [-0.05, 0) is 23.1 Å². The van der Waals surface area contributed by atoms with E-state index in [1.54, 1.807) is 0 Å². The molecule has 0 spiro atoms. The van der Waals surface area contributed by atoms with Crippen molar-refractivity contribution in [2.45, 2.75) is 33.2 Å². The molecule has 1 atom stereocenters. The number of halogens is 2. The van der Waals surface area contributed by atoms with E-state index in [9.17, 15) is 8.78 Å². The maximum Gasteiger partial charge on any atom is 0.244 e. The van der Waals surface area contributed by atoms with Crippen LogP contribution < -0.4 is 5.73 Å². The first-order chi connectivity index (χ1) is 9.25. The van der Waals surface area contributed by atoms with Gasteiger partial charge in [0.15, 0.2) is 5.82 Å². The summed E-state index contributed by atoms with van der Waals surface area (Å²) in [7, 11) is 0. The van der Waals surface area contributed by atoms with E-state index in [0.717, 1.165) is 6.07 Å². The van der Waals surface area contributed by atoms with Crippen LogP contribution in [0.2, 0.25) is 0 Å². The second-order valence-electron chi connectivity index (χ2n) is 5.85. The third-order valence-electron chi connectivity index (χ3n) is 2.97. The van der Waals surface area contributed by atoms with Gasteiger partial charge in [-0.1, -0.05) is 25.9 Å². The van der Waals surface area contributed by atoms with Crippen LogP contribution in [0.25, 0.3) is 0 Å². The third kappa shape index (κ3) is 3.39. The molecule has 2 aromatic rings. The Hall–Kier alpha value is -1.82. The summed E-state index contributed by atoms with van der Waals surface area (Å²) >= 11 is 0. The summed E-state index contributed by atoms with van der Waals surface area (Å²) in [6.07, 6.45) is 0.190. The third-order valence-corrected chi connectivity index (χ3v) is 2.97. The van der Waals surface area contributed by atoms with E-state index in [-0.39, 0.29) is 11.8 Å². The zero-order chi connectivity index (χ0) is 14.9. The van der Waals surface area contributed by atoms with Crippen molar-refractivity contribution < 1.29 is 13.3 Å². The summed E-state index contributed by atoms with van der Waals surface area (Å²) in [5.41, 5.74) is 6.24. The molecule has 0 aliphatic rings. The number of benzene rings is 1. The van der Waals surface area contributed by atoms with E-state index < -0.39 is 17.7 Å². The SMILES string of the molecule is CC(C)(C)C(N)c1nc(Cc2cc(F)cc(F)c2)no1. The molecule has 0 bridgehead atoms. The number of hydrogen-bond donors (Lipinski definition) is 1.